The minimum absolute atomic E-state index is 0.0984. The fourth-order valence-electron chi connectivity index (χ4n) is 2.13. The van der Waals surface area contributed by atoms with E-state index in [1.54, 1.807) is 0 Å². The molecule has 1 aliphatic carbocycles. The van der Waals surface area contributed by atoms with E-state index in [0.29, 0.717) is 5.92 Å². The van der Waals surface area contributed by atoms with Crippen molar-refractivity contribution in [1.82, 2.24) is 5.32 Å². The van der Waals surface area contributed by atoms with Crippen molar-refractivity contribution < 1.29 is 9.90 Å². The minimum atomic E-state index is -0.625. The van der Waals surface area contributed by atoms with E-state index < -0.39 is 5.97 Å². The molecule has 2 fully saturated rings. The average molecular weight is 141 g/mol. The Morgan fingerprint density at radius 1 is 1.50 bits per heavy atom. The molecule has 0 aromatic carbocycles. The molecule has 0 amide bonds. The van der Waals surface area contributed by atoms with Crippen LogP contribution < -0.4 is 5.32 Å². The Bertz CT molecular complexity index is 169. The van der Waals surface area contributed by atoms with Crippen LogP contribution in [0.2, 0.25) is 0 Å². The van der Waals surface area contributed by atoms with Crippen LogP contribution in [0, 0.1) is 11.8 Å². The first-order chi connectivity index (χ1) is 4.77. The van der Waals surface area contributed by atoms with Crippen LogP contribution in [-0.2, 0) is 4.79 Å². The number of nitrogens with one attached hydrogen (secondary N) is 1. The van der Waals surface area contributed by atoms with Crippen molar-refractivity contribution in [3.05, 3.63) is 0 Å². The van der Waals surface area contributed by atoms with Gasteiger partial charge in [-0.3, -0.25) is 4.79 Å². The summed E-state index contributed by atoms with van der Waals surface area (Å²) in [7, 11) is 0. The second-order valence-corrected chi connectivity index (χ2v) is 3.30. The summed E-state index contributed by atoms with van der Waals surface area (Å²) >= 11 is 0. The van der Waals surface area contributed by atoms with Gasteiger partial charge in [0.05, 0.1) is 5.92 Å². The molecule has 1 saturated heterocycles. The Labute approximate surface area is 59.4 Å². The van der Waals surface area contributed by atoms with E-state index in [9.17, 15) is 4.79 Å². The molecule has 2 bridgehead atoms. The van der Waals surface area contributed by atoms with Gasteiger partial charge in [0.25, 0.3) is 0 Å². The largest absolute Gasteiger partial charge is 0.481 e. The fraction of sp³-hybridized carbons (Fsp3) is 0.857. The summed E-state index contributed by atoms with van der Waals surface area (Å²) in [4.78, 5) is 10.6. The van der Waals surface area contributed by atoms with Gasteiger partial charge < -0.3 is 10.4 Å². The van der Waals surface area contributed by atoms with E-state index in [1.807, 2.05) is 0 Å². The zero-order valence-electron chi connectivity index (χ0n) is 5.71. The Morgan fingerprint density at radius 3 is 2.60 bits per heavy atom. The average Bonchev–Trinajstić information content (AvgIpc) is 2.44. The van der Waals surface area contributed by atoms with Crippen LogP contribution in [0.15, 0.2) is 0 Å². The van der Waals surface area contributed by atoms with Gasteiger partial charge >= 0.3 is 5.97 Å². The predicted molar refractivity (Wildman–Crippen MR) is 35.6 cm³/mol. The molecule has 0 aromatic rings. The summed E-state index contributed by atoms with van der Waals surface area (Å²) in [6, 6.07) is 0.280. The summed E-state index contributed by atoms with van der Waals surface area (Å²) in [6.07, 6.45) is 1.98. The molecule has 2 aliphatic rings. The molecule has 0 radical (unpaired) electrons. The van der Waals surface area contributed by atoms with Crippen molar-refractivity contribution >= 4 is 5.97 Å². The van der Waals surface area contributed by atoms with Crippen LogP contribution >= 0.6 is 0 Å². The van der Waals surface area contributed by atoms with Gasteiger partial charge in [-0.1, -0.05) is 0 Å². The predicted octanol–water partition coefficient (Wildman–Crippen LogP) is 0.0690. The lowest BCUT2D eigenvalue weighted by molar-refractivity contribution is -0.142. The van der Waals surface area contributed by atoms with Crippen molar-refractivity contribution in [2.75, 3.05) is 6.54 Å². The number of hydrogen-bond acceptors (Lipinski definition) is 2. The Balaban J connectivity index is 2.08. The number of carboxylic acids is 1. The molecular formula is C7H11NO2. The van der Waals surface area contributed by atoms with Crippen LogP contribution in [0.5, 0.6) is 0 Å². The zero-order chi connectivity index (χ0) is 7.14. The van der Waals surface area contributed by atoms with Gasteiger partial charge in [0.1, 0.15) is 0 Å². The van der Waals surface area contributed by atoms with Gasteiger partial charge in [0.15, 0.2) is 0 Å². The summed E-state index contributed by atoms with van der Waals surface area (Å²) < 4.78 is 0. The van der Waals surface area contributed by atoms with Crippen molar-refractivity contribution in [3.63, 3.8) is 0 Å². The zero-order valence-corrected chi connectivity index (χ0v) is 5.71. The Morgan fingerprint density at radius 2 is 2.30 bits per heavy atom. The van der Waals surface area contributed by atoms with Gasteiger partial charge in [-0.25, -0.2) is 0 Å². The highest BCUT2D eigenvalue weighted by Crippen LogP contribution is 2.35. The van der Waals surface area contributed by atoms with E-state index in [2.05, 4.69) is 5.32 Å². The molecule has 1 aliphatic heterocycles. The first kappa shape index (κ1) is 6.16. The van der Waals surface area contributed by atoms with Crippen LogP contribution in [0.25, 0.3) is 0 Å². The first-order valence-electron chi connectivity index (χ1n) is 3.73. The maximum atomic E-state index is 10.6. The lowest BCUT2D eigenvalue weighted by atomic mass is 10.0. The van der Waals surface area contributed by atoms with E-state index >= 15 is 0 Å². The topological polar surface area (TPSA) is 49.3 Å². The molecule has 3 heteroatoms. The first-order valence-corrected chi connectivity index (χ1v) is 3.73. The van der Waals surface area contributed by atoms with Crippen LogP contribution in [-0.4, -0.2) is 23.7 Å². The van der Waals surface area contributed by atoms with Gasteiger partial charge in [0.2, 0.25) is 0 Å². The number of carbonyl (C=O) groups is 1. The van der Waals surface area contributed by atoms with Crippen molar-refractivity contribution in [2.24, 2.45) is 11.8 Å². The molecular weight excluding hydrogens is 130 g/mol. The number of hydrogen-bond donors (Lipinski definition) is 2. The monoisotopic (exact) mass is 141 g/mol. The van der Waals surface area contributed by atoms with Gasteiger partial charge in [-0.15, -0.1) is 0 Å². The number of carboxylic acid groups (broad SMARTS) is 1. The summed E-state index contributed by atoms with van der Waals surface area (Å²) in [5.74, 6) is -0.0791. The van der Waals surface area contributed by atoms with Crippen molar-refractivity contribution in [1.29, 1.82) is 0 Å². The van der Waals surface area contributed by atoms with Crippen LogP contribution in [0.3, 0.4) is 0 Å². The van der Waals surface area contributed by atoms with Crippen LogP contribution in [0.4, 0.5) is 0 Å². The summed E-state index contributed by atoms with van der Waals surface area (Å²) in [5.41, 5.74) is 0. The van der Waals surface area contributed by atoms with E-state index in [4.69, 9.17) is 5.11 Å². The molecule has 3 atom stereocenters. The highest BCUT2D eigenvalue weighted by Gasteiger charge is 2.42. The lowest BCUT2D eigenvalue weighted by Gasteiger charge is -2.17. The van der Waals surface area contributed by atoms with E-state index in [-0.39, 0.29) is 12.0 Å². The number of rotatable bonds is 1. The molecule has 2 N–H and O–H groups in total. The number of fused-ring (bicyclic) bond motifs is 2. The van der Waals surface area contributed by atoms with Crippen molar-refractivity contribution in [2.45, 2.75) is 18.9 Å². The SMILES string of the molecule is O=C(O)[C@H]1C[C@H]2CN[C@H]1C2. The van der Waals surface area contributed by atoms with Crippen molar-refractivity contribution in [3.8, 4) is 0 Å². The van der Waals surface area contributed by atoms with Gasteiger partial charge in [-0.05, 0) is 25.3 Å². The molecule has 0 aromatic heterocycles. The maximum Gasteiger partial charge on any atom is 0.308 e. The second kappa shape index (κ2) is 1.95. The second-order valence-electron chi connectivity index (χ2n) is 3.30. The maximum absolute atomic E-state index is 10.6. The molecule has 0 unspecified atom stereocenters. The van der Waals surface area contributed by atoms with Gasteiger partial charge in [-0.2, -0.15) is 0 Å². The Kier molecular flexibility index (Phi) is 1.20. The normalized spacial score (nSPS) is 44.2. The third-order valence-electron chi connectivity index (χ3n) is 2.65. The summed E-state index contributed by atoms with van der Waals surface area (Å²) in [6.45, 7) is 1.04. The van der Waals surface area contributed by atoms with E-state index in [0.717, 1.165) is 19.4 Å². The molecule has 1 heterocycles. The molecule has 0 spiro atoms. The minimum Gasteiger partial charge on any atom is -0.481 e. The molecule has 1 saturated carbocycles. The van der Waals surface area contributed by atoms with Crippen LogP contribution in [0.1, 0.15) is 12.8 Å². The third kappa shape index (κ3) is 0.736. The van der Waals surface area contributed by atoms with E-state index in [1.165, 1.54) is 0 Å². The molecule has 2 rings (SSSR count). The lowest BCUT2D eigenvalue weighted by Crippen LogP contribution is -2.36. The molecule has 3 nitrogen and oxygen atoms in total. The fourth-order valence-corrected chi connectivity index (χ4v) is 2.13. The smallest absolute Gasteiger partial charge is 0.308 e. The highest BCUT2D eigenvalue weighted by molar-refractivity contribution is 5.71. The molecule has 10 heavy (non-hydrogen) atoms. The Hall–Kier alpha value is -0.570. The quantitative estimate of drug-likeness (QED) is 0.543. The third-order valence-corrected chi connectivity index (χ3v) is 2.65. The van der Waals surface area contributed by atoms with Gasteiger partial charge in [0, 0.05) is 6.04 Å². The highest BCUT2D eigenvalue weighted by atomic mass is 16.4. The molecule has 56 valence electrons. The number of piperidine rings is 1. The summed E-state index contributed by atoms with van der Waals surface area (Å²) in [5, 5.41) is 11.9. The number of aliphatic carboxylic acids is 1. The standard InChI is InChI=1S/C7H11NO2/c9-7(10)5-1-4-2-6(5)8-3-4/h4-6,8H,1-3H2,(H,9,10)/t4-,5+,6+/m1/s1.